The minimum Gasteiger partial charge on any atom is -0.350 e. The van der Waals surface area contributed by atoms with Crippen LogP contribution in [0.3, 0.4) is 0 Å². The summed E-state index contributed by atoms with van der Waals surface area (Å²) in [5, 5.41) is 2.86. The molecule has 2 amide bonds. The third-order valence-corrected chi connectivity index (χ3v) is 5.05. The molecule has 1 aromatic heterocycles. The smallest absolute Gasteiger partial charge is 0.255 e. The van der Waals surface area contributed by atoms with Gasteiger partial charge in [-0.05, 0) is 41.5 Å². The molecule has 3 aromatic rings. The van der Waals surface area contributed by atoms with E-state index in [1.165, 1.54) is 12.1 Å². The van der Waals surface area contributed by atoms with Crippen molar-refractivity contribution in [3.8, 4) is 0 Å². The number of carbonyl (C=O) groups excluding carboxylic acids is 2. The van der Waals surface area contributed by atoms with E-state index in [4.69, 9.17) is 0 Å². The van der Waals surface area contributed by atoms with Gasteiger partial charge in [-0.2, -0.15) is 0 Å². The highest BCUT2D eigenvalue weighted by atomic mass is 19.1. The molecule has 0 aliphatic carbocycles. The second kappa shape index (κ2) is 8.22. The van der Waals surface area contributed by atoms with Gasteiger partial charge in [0.1, 0.15) is 5.82 Å². The van der Waals surface area contributed by atoms with Gasteiger partial charge in [-0.25, -0.2) is 4.39 Å². The van der Waals surface area contributed by atoms with E-state index < -0.39 is 6.04 Å². The fraction of sp³-hybridized carbons (Fsp3) is 0.174. The summed E-state index contributed by atoms with van der Waals surface area (Å²) in [6.07, 6.45) is 1.75. The van der Waals surface area contributed by atoms with Crippen LogP contribution < -0.4 is 5.32 Å². The minimum atomic E-state index is -0.487. The number of carbonyl (C=O) groups is 2. The van der Waals surface area contributed by atoms with Crippen LogP contribution in [0, 0.1) is 5.82 Å². The first-order valence-electron chi connectivity index (χ1n) is 9.43. The van der Waals surface area contributed by atoms with Crippen LogP contribution in [-0.2, 0) is 17.9 Å². The predicted molar refractivity (Wildman–Crippen MR) is 106 cm³/mol. The zero-order valence-electron chi connectivity index (χ0n) is 15.7. The molecule has 0 fully saturated rings. The summed E-state index contributed by atoms with van der Waals surface area (Å²) < 4.78 is 13.4. The van der Waals surface area contributed by atoms with Gasteiger partial charge in [0.05, 0.1) is 24.7 Å². The monoisotopic (exact) mass is 389 g/mol. The minimum absolute atomic E-state index is 0.0815. The number of hydrogen-bond acceptors (Lipinski definition) is 3. The molecule has 4 rings (SSSR count). The predicted octanol–water partition coefficient (Wildman–Crippen LogP) is 3.62. The summed E-state index contributed by atoms with van der Waals surface area (Å²) in [6.45, 7) is 0.731. The summed E-state index contributed by atoms with van der Waals surface area (Å²) in [6, 6.07) is 18.4. The summed E-state index contributed by atoms with van der Waals surface area (Å²) in [4.78, 5) is 31.5. The summed E-state index contributed by atoms with van der Waals surface area (Å²) in [7, 11) is 0. The Balaban J connectivity index is 1.54. The van der Waals surface area contributed by atoms with Crippen LogP contribution in [-0.4, -0.2) is 21.7 Å². The van der Waals surface area contributed by atoms with Gasteiger partial charge in [0, 0.05) is 18.3 Å². The lowest BCUT2D eigenvalue weighted by atomic mass is 10.0. The average molecular weight is 389 g/mol. The van der Waals surface area contributed by atoms with Gasteiger partial charge in [0.2, 0.25) is 5.91 Å². The maximum atomic E-state index is 13.4. The Morgan fingerprint density at radius 1 is 1.07 bits per heavy atom. The summed E-state index contributed by atoms with van der Waals surface area (Å²) >= 11 is 0. The Morgan fingerprint density at radius 3 is 2.55 bits per heavy atom. The van der Waals surface area contributed by atoms with Gasteiger partial charge < -0.3 is 10.2 Å². The number of nitrogens with one attached hydrogen (secondary N) is 1. The SMILES string of the molecule is O=C(C[C@@H](c1ccc(F)cc1)N1Cc2ccccc2C1=O)NCc1ccccn1. The fourth-order valence-corrected chi connectivity index (χ4v) is 3.56. The molecule has 146 valence electrons. The zero-order valence-corrected chi connectivity index (χ0v) is 15.7. The van der Waals surface area contributed by atoms with Crippen molar-refractivity contribution in [2.75, 3.05) is 0 Å². The maximum Gasteiger partial charge on any atom is 0.255 e. The first kappa shape index (κ1) is 18.8. The lowest BCUT2D eigenvalue weighted by Gasteiger charge is -2.28. The van der Waals surface area contributed by atoms with Crippen LogP contribution in [0.5, 0.6) is 0 Å². The van der Waals surface area contributed by atoms with Crippen molar-refractivity contribution in [1.82, 2.24) is 15.2 Å². The molecule has 1 N–H and O–H groups in total. The van der Waals surface area contributed by atoms with E-state index in [0.29, 0.717) is 18.7 Å². The number of hydrogen-bond donors (Lipinski definition) is 1. The molecule has 1 aliphatic heterocycles. The average Bonchev–Trinajstić information content (AvgIpc) is 3.08. The topological polar surface area (TPSA) is 62.3 Å². The zero-order chi connectivity index (χ0) is 20.2. The first-order valence-corrected chi connectivity index (χ1v) is 9.43. The van der Waals surface area contributed by atoms with Crippen LogP contribution in [0.1, 0.15) is 39.6 Å². The first-order chi connectivity index (χ1) is 14.1. The molecule has 29 heavy (non-hydrogen) atoms. The maximum absolute atomic E-state index is 13.4. The van der Waals surface area contributed by atoms with Gasteiger partial charge in [0.25, 0.3) is 5.91 Å². The number of halogens is 1. The number of fused-ring (bicyclic) bond motifs is 1. The Kier molecular flexibility index (Phi) is 5.33. The van der Waals surface area contributed by atoms with Gasteiger partial charge in [0.15, 0.2) is 0 Å². The number of aromatic nitrogens is 1. The van der Waals surface area contributed by atoms with Crippen molar-refractivity contribution >= 4 is 11.8 Å². The molecule has 0 unspecified atom stereocenters. The molecular weight excluding hydrogens is 369 g/mol. The Labute approximate surface area is 168 Å². The molecule has 1 aliphatic rings. The van der Waals surface area contributed by atoms with E-state index in [9.17, 15) is 14.0 Å². The number of rotatable bonds is 6. The summed E-state index contributed by atoms with van der Waals surface area (Å²) in [5.41, 5.74) is 3.05. The van der Waals surface area contributed by atoms with E-state index in [1.54, 1.807) is 29.3 Å². The standard InChI is InChI=1S/C23H20FN3O2/c24-18-10-8-16(9-11-18)21(13-22(28)26-14-19-6-3-4-12-25-19)27-15-17-5-1-2-7-20(17)23(27)29/h1-12,21H,13-15H2,(H,26,28)/t21-/m0/s1. The largest absolute Gasteiger partial charge is 0.350 e. The molecular formula is C23H20FN3O2. The fourth-order valence-electron chi connectivity index (χ4n) is 3.56. The highest BCUT2D eigenvalue weighted by Crippen LogP contribution is 2.33. The van der Waals surface area contributed by atoms with Gasteiger partial charge in [-0.15, -0.1) is 0 Å². The molecule has 0 saturated heterocycles. The lowest BCUT2D eigenvalue weighted by molar-refractivity contribution is -0.122. The second-order valence-corrected chi connectivity index (χ2v) is 6.96. The molecule has 0 radical (unpaired) electrons. The molecule has 2 heterocycles. The molecule has 0 spiro atoms. The van der Waals surface area contributed by atoms with Crippen molar-refractivity contribution in [3.63, 3.8) is 0 Å². The van der Waals surface area contributed by atoms with Crippen LogP contribution in [0.2, 0.25) is 0 Å². The Bertz CT molecular complexity index is 1020. The van der Waals surface area contributed by atoms with Gasteiger partial charge in [-0.1, -0.05) is 36.4 Å². The number of amides is 2. The molecule has 0 bridgehead atoms. The summed E-state index contributed by atoms with van der Waals surface area (Å²) in [5.74, 6) is -0.677. The molecule has 1 atom stereocenters. The highest BCUT2D eigenvalue weighted by molar-refractivity contribution is 5.98. The molecule has 5 nitrogen and oxygen atoms in total. The molecule has 2 aromatic carbocycles. The third-order valence-electron chi connectivity index (χ3n) is 5.05. The van der Waals surface area contributed by atoms with E-state index in [1.807, 2.05) is 36.4 Å². The van der Waals surface area contributed by atoms with E-state index in [0.717, 1.165) is 16.8 Å². The van der Waals surface area contributed by atoms with Gasteiger partial charge in [-0.3, -0.25) is 14.6 Å². The van der Waals surface area contributed by atoms with Gasteiger partial charge >= 0.3 is 0 Å². The molecule has 6 heteroatoms. The van der Waals surface area contributed by atoms with Crippen LogP contribution in [0.4, 0.5) is 4.39 Å². The van der Waals surface area contributed by atoms with E-state index >= 15 is 0 Å². The second-order valence-electron chi connectivity index (χ2n) is 6.96. The third kappa shape index (κ3) is 4.16. The lowest BCUT2D eigenvalue weighted by Crippen LogP contribution is -2.34. The Morgan fingerprint density at radius 2 is 1.83 bits per heavy atom. The van der Waals surface area contributed by atoms with Crippen molar-refractivity contribution in [2.24, 2.45) is 0 Å². The highest BCUT2D eigenvalue weighted by Gasteiger charge is 2.34. The number of benzene rings is 2. The van der Waals surface area contributed by atoms with Crippen molar-refractivity contribution in [3.05, 3.63) is 101 Å². The number of pyridine rings is 1. The van der Waals surface area contributed by atoms with E-state index in [2.05, 4.69) is 10.3 Å². The normalized spacial score (nSPS) is 13.8. The van der Waals surface area contributed by atoms with Crippen molar-refractivity contribution in [2.45, 2.75) is 25.6 Å². The number of nitrogens with zero attached hydrogens (tertiary/aromatic N) is 2. The Hall–Kier alpha value is -3.54. The van der Waals surface area contributed by atoms with Crippen LogP contribution in [0.25, 0.3) is 0 Å². The van der Waals surface area contributed by atoms with E-state index in [-0.39, 0.29) is 24.1 Å². The van der Waals surface area contributed by atoms with Crippen LogP contribution >= 0.6 is 0 Å². The van der Waals surface area contributed by atoms with Crippen LogP contribution in [0.15, 0.2) is 72.9 Å². The van der Waals surface area contributed by atoms with Crippen molar-refractivity contribution < 1.29 is 14.0 Å². The van der Waals surface area contributed by atoms with Crippen molar-refractivity contribution in [1.29, 1.82) is 0 Å². The quantitative estimate of drug-likeness (QED) is 0.700. The molecule has 0 saturated carbocycles.